The molecule has 5 nitrogen and oxygen atoms in total. The monoisotopic (exact) mass is 498 g/mol. The number of anilines is 1. The molecule has 2 N–H and O–H groups in total. The fourth-order valence-electron chi connectivity index (χ4n) is 3.19. The molecular weight excluding hydrogens is 471 g/mol. The Morgan fingerprint density at radius 1 is 1.30 bits per heavy atom. The average molecular weight is 498 g/mol. The highest BCUT2D eigenvalue weighted by Crippen LogP contribution is 2.26. The van der Waals surface area contributed by atoms with Crippen molar-refractivity contribution in [2.45, 2.75) is 25.7 Å². The number of nitrogens with zero attached hydrogens (tertiary/aromatic N) is 2. The number of thiophene rings is 1. The van der Waals surface area contributed by atoms with E-state index >= 15 is 0 Å². The van der Waals surface area contributed by atoms with Crippen LogP contribution < -0.4 is 15.5 Å². The maximum atomic E-state index is 12.7. The number of para-hydroxylation sites is 1. The Bertz CT molecular complexity index is 763. The maximum absolute atomic E-state index is 12.7. The Morgan fingerprint density at radius 3 is 2.85 bits per heavy atom. The van der Waals surface area contributed by atoms with Gasteiger partial charge in [0.2, 0.25) is 5.91 Å². The lowest BCUT2D eigenvalue weighted by Gasteiger charge is -2.29. The molecule has 0 aliphatic carbocycles. The third-order valence-corrected chi connectivity index (χ3v) is 5.43. The smallest absolute Gasteiger partial charge is 0.246 e. The minimum Gasteiger partial charge on any atom is -0.356 e. The van der Waals surface area contributed by atoms with Crippen molar-refractivity contribution >= 4 is 52.9 Å². The summed E-state index contributed by atoms with van der Waals surface area (Å²) in [6, 6.07) is 10.3. The molecule has 1 amide bonds. The molecule has 3 rings (SSSR count). The molecule has 0 fully saturated rings. The zero-order valence-corrected chi connectivity index (χ0v) is 18.9. The standard InChI is InChI=1S/C20H26N4OS.HI/c1-15(17-9-11-26-14-17)12-22-20(21-2)23-13-19(25)24-10-5-7-16-6-3-4-8-18(16)24;/h3-4,6,8-9,11,14-15H,5,7,10,12-13H2,1-2H3,(H2,21,22,23);1H. The number of aryl methyl sites for hydroxylation is 1. The van der Waals surface area contributed by atoms with Gasteiger partial charge in [-0.15, -0.1) is 24.0 Å². The topological polar surface area (TPSA) is 56.7 Å². The number of amides is 1. The minimum absolute atomic E-state index is 0. The predicted octanol–water partition coefficient (Wildman–Crippen LogP) is 3.61. The normalized spacial score (nSPS) is 14.7. The molecule has 1 aromatic carbocycles. The van der Waals surface area contributed by atoms with E-state index in [4.69, 9.17) is 0 Å². The van der Waals surface area contributed by atoms with Gasteiger partial charge in [0.25, 0.3) is 0 Å². The van der Waals surface area contributed by atoms with E-state index in [0.29, 0.717) is 11.9 Å². The second-order valence-electron chi connectivity index (χ2n) is 6.54. The van der Waals surface area contributed by atoms with Crippen molar-refractivity contribution in [2.24, 2.45) is 4.99 Å². The van der Waals surface area contributed by atoms with Gasteiger partial charge < -0.3 is 15.5 Å². The minimum atomic E-state index is 0. The van der Waals surface area contributed by atoms with Crippen molar-refractivity contribution in [1.82, 2.24) is 10.6 Å². The number of hydrogen-bond donors (Lipinski definition) is 2. The van der Waals surface area contributed by atoms with Gasteiger partial charge in [-0.2, -0.15) is 11.3 Å². The van der Waals surface area contributed by atoms with Gasteiger partial charge in [-0.05, 0) is 52.8 Å². The van der Waals surface area contributed by atoms with Crippen LogP contribution in [0.2, 0.25) is 0 Å². The highest BCUT2D eigenvalue weighted by Gasteiger charge is 2.22. The van der Waals surface area contributed by atoms with Crippen LogP contribution >= 0.6 is 35.3 Å². The number of guanidine groups is 1. The lowest BCUT2D eigenvalue weighted by molar-refractivity contribution is -0.117. The molecule has 0 spiro atoms. The number of fused-ring (bicyclic) bond motifs is 1. The van der Waals surface area contributed by atoms with Crippen molar-refractivity contribution in [3.63, 3.8) is 0 Å². The summed E-state index contributed by atoms with van der Waals surface area (Å²) in [6.07, 6.45) is 2.05. The summed E-state index contributed by atoms with van der Waals surface area (Å²) in [6.45, 7) is 3.97. The van der Waals surface area contributed by atoms with Gasteiger partial charge in [0.05, 0.1) is 6.54 Å². The molecule has 7 heteroatoms. The molecule has 2 aromatic rings. The van der Waals surface area contributed by atoms with Gasteiger partial charge in [0.15, 0.2) is 5.96 Å². The van der Waals surface area contributed by atoms with E-state index in [2.05, 4.69) is 45.4 Å². The lowest BCUT2D eigenvalue weighted by atomic mass is 10.0. The van der Waals surface area contributed by atoms with Crippen LogP contribution in [0, 0.1) is 0 Å². The van der Waals surface area contributed by atoms with Crippen molar-refractivity contribution in [3.05, 3.63) is 52.2 Å². The predicted molar refractivity (Wildman–Crippen MR) is 125 cm³/mol. The summed E-state index contributed by atoms with van der Waals surface area (Å²) in [4.78, 5) is 18.8. The first kappa shape index (κ1) is 21.7. The van der Waals surface area contributed by atoms with Crippen molar-refractivity contribution in [2.75, 3.05) is 31.6 Å². The number of halogens is 1. The fraction of sp³-hybridized carbons (Fsp3) is 0.400. The third kappa shape index (κ3) is 5.68. The number of hydrogen-bond acceptors (Lipinski definition) is 3. The molecule has 1 aromatic heterocycles. The Hall–Kier alpha value is -1.61. The Kier molecular flexibility index (Phi) is 8.56. The number of carbonyl (C=O) groups is 1. The van der Waals surface area contributed by atoms with Crippen LogP contribution in [-0.4, -0.2) is 38.5 Å². The highest BCUT2D eigenvalue weighted by atomic mass is 127. The van der Waals surface area contributed by atoms with Gasteiger partial charge in [-0.3, -0.25) is 9.79 Å². The molecule has 1 unspecified atom stereocenters. The first-order chi connectivity index (χ1) is 12.7. The molecule has 0 saturated heterocycles. The SMILES string of the molecule is CN=C(NCC(=O)N1CCCc2ccccc21)NCC(C)c1ccsc1.I. The summed E-state index contributed by atoms with van der Waals surface area (Å²) >= 11 is 1.71. The number of rotatable bonds is 5. The molecule has 1 aliphatic rings. The second kappa shape index (κ2) is 10.7. The zero-order chi connectivity index (χ0) is 18.4. The van der Waals surface area contributed by atoms with E-state index < -0.39 is 0 Å². The molecule has 27 heavy (non-hydrogen) atoms. The molecule has 0 bridgehead atoms. The number of carbonyl (C=O) groups excluding carboxylic acids is 1. The van der Waals surface area contributed by atoms with Crippen molar-refractivity contribution in [1.29, 1.82) is 0 Å². The molecule has 2 heterocycles. The van der Waals surface area contributed by atoms with Crippen LogP contribution in [0.5, 0.6) is 0 Å². The van der Waals surface area contributed by atoms with E-state index in [1.807, 2.05) is 23.1 Å². The van der Waals surface area contributed by atoms with Gasteiger partial charge in [-0.1, -0.05) is 25.1 Å². The third-order valence-electron chi connectivity index (χ3n) is 4.73. The van der Waals surface area contributed by atoms with Gasteiger partial charge in [0, 0.05) is 25.8 Å². The Labute approximate surface area is 182 Å². The average Bonchev–Trinajstić information content (AvgIpc) is 3.22. The quantitative estimate of drug-likeness (QED) is 0.376. The van der Waals surface area contributed by atoms with Crippen LogP contribution in [-0.2, 0) is 11.2 Å². The van der Waals surface area contributed by atoms with Crippen molar-refractivity contribution < 1.29 is 4.79 Å². The van der Waals surface area contributed by atoms with Crippen LogP contribution in [0.3, 0.4) is 0 Å². The molecular formula is C20H27IN4OS. The molecule has 1 aliphatic heterocycles. The summed E-state index contributed by atoms with van der Waals surface area (Å²) in [5, 5.41) is 10.7. The first-order valence-electron chi connectivity index (χ1n) is 9.04. The number of benzene rings is 1. The van der Waals surface area contributed by atoms with Crippen LogP contribution in [0.4, 0.5) is 5.69 Å². The first-order valence-corrected chi connectivity index (χ1v) is 9.98. The summed E-state index contributed by atoms with van der Waals surface area (Å²) in [7, 11) is 1.73. The largest absolute Gasteiger partial charge is 0.356 e. The molecule has 146 valence electrons. The second-order valence-corrected chi connectivity index (χ2v) is 7.32. The molecule has 0 radical (unpaired) electrons. The van der Waals surface area contributed by atoms with Crippen LogP contribution in [0.1, 0.15) is 30.4 Å². The van der Waals surface area contributed by atoms with E-state index in [1.54, 1.807) is 18.4 Å². The van der Waals surface area contributed by atoms with E-state index in [0.717, 1.165) is 31.6 Å². The van der Waals surface area contributed by atoms with Crippen LogP contribution in [0.25, 0.3) is 0 Å². The Balaban J connectivity index is 0.00000261. The fourth-order valence-corrected chi connectivity index (χ4v) is 3.97. The number of nitrogens with one attached hydrogen (secondary N) is 2. The highest BCUT2D eigenvalue weighted by molar-refractivity contribution is 14.0. The van der Waals surface area contributed by atoms with E-state index in [-0.39, 0.29) is 36.4 Å². The van der Waals surface area contributed by atoms with Crippen molar-refractivity contribution in [3.8, 4) is 0 Å². The Morgan fingerprint density at radius 2 is 2.11 bits per heavy atom. The summed E-state index contributed by atoms with van der Waals surface area (Å²) in [5.41, 5.74) is 3.61. The molecule has 0 saturated carbocycles. The lowest BCUT2D eigenvalue weighted by Crippen LogP contribution is -2.46. The summed E-state index contributed by atoms with van der Waals surface area (Å²) < 4.78 is 0. The maximum Gasteiger partial charge on any atom is 0.246 e. The summed E-state index contributed by atoms with van der Waals surface area (Å²) in [5.74, 6) is 1.13. The zero-order valence-electron chi connectivity index (χ0n) is 15.8. The van der Waals surface area contributed by atoms with Crippen LogP contribution in [0.15, 0.2) is 46.1 Å². The molecule has 1 atom stereocenters. The number of aliphatic imine (C=N–C) groups is 1. The van der Waals surface area contributed by atoms with Gasteiger partial charge >= 0.3 is 0 Å². The van der Waals surface area contributed by atoms with Gasteiger partial charge in [-0.25, -0.2) is 0 Å². The van der Waals surface area contributed by atoms with Gasteiger partial charge in [0.1, 0.15) is 0 Å². The van der Waals surface area contributed by atoms with E-state index in [1.165, 1.54) is 11.1 Å². The van der Waals surface area contributed by atoms with E-state index in [9.17, 15) is 4.79 Å².